The van der Waals surface area contributed by atoms with Crippen molar-refractivity contribution in [3.8, 4) is 0 Å². The van der Waals surface area contributed by atoms with Crippen LogP contribution >= 0.6 is 22.8 Å². The van der Waals surface area contributed by atoms with Crippen LogP contribution in [0.1, 0.15) is 261 Å². The van der Waals surface area contributed by atoms with Crippen LogP contribution in [0.15, 0.2) is 0 Å². The first kappa shape index (κ1) is 95.6. The van der Waals surface area contributed by atoms with Gasteiger partial charge in [-0.2, -0.15) is 4.21 Å². The molecule has 0 N–H and O–H groups in total. The van der Waals surface area contributed by atoms with Crippen LogP contribution in [0.5, 0.6) is 0 Å². The Morgan fingerprint density at radius 1 is 0.247 bits per heavy atom. The van der Waals surface area contributed by atoms with Crippen molar-refractivity contribution >= 4 is 125 Å². The fourth-order valence-corrected chi connectivity index (χ4v) is 27.6. The normalized spacial score (nSPS) is 11.6. The first-order chi connectivity index (χ1) is 33.1. The average Bonchev–Trinajstić information content (AvgIpc) is 3.29. The van der Waals surface area contributed by atoms with Gasteiger partial charge in [-0.3, -0.25) is 0 Å². The smallest absolute Gasteiger partial charge is 0.854 e. The molecule has 0 spiro atoms. The van der Waals surface area contributed by atoms with Gasteiger partial charge in [0.1, 0.15) is 0 Å². The minimum atomic E-state index is -3.51. The van der Waals surface area contributed by atoms with E-state index in [9.17, 15) is 39.1 Å². The summed E-state index contributed by atoms with van der Waals surface area (Å²) in [6.45, 7) is 17.3. The van der Waals surface area contributed by atoms with Crippen molar-refractivity contribution in [2.24, 2.45) is 0 Å². The maximum Gasteiger partial charge on any atom is 4.00 e. The van der Waals surface area contributed by atoms with E-state index in [-0.39, 0.29) is 63.2 Å². The molecule has 25 heteroatoms. The summed E-state index contributed by atoms with van der Waals surface area (Å²) in [5.41, 5.74) is -14.0. The predicted molar refractivity (Wildman–Crippen MR) is 327 cm³/mol. The number of rotatable bonds is 40. The van der Waals surface area contributed by atoms with E-state index in [0.717, 1.165) is 149 Å². The minimum Gasteiger partial charge on any atom is -0.854 e. The van der Waals surface area contributed by atoms with E-state index in [2.05, 4.69) is 117 Å². The molecule has 0 unspecified atom stereocenters. The Balaban J connectivity index is -0.000000125. The molecule has 0 heterocycles. The third kappa shape index (κ3) is 74.3. The number of hydrogen-bond acceptors (Lipinski definition) is 14. The largest absolute Gasteiger partial charge is 4.00 e. The van der Waals surface area contributed by atoms with Gasteiger partial charge in [0, 0.05) is 0 Å². The fourth-order valence-electron chi connectivity index (χ4n) is 6.87. The predicted octanol–water partition coefficient (Wildman–Crippen LogP) is 10.5. The van der Waals surface area contributed by atoms with Crippen LogP contribution in [0.2, 0.25) is 0 Å². The van der Waals surface area contributed by atoms with Crippen molar-refractivity contribution in [1.29, 1.82) is 0 Å². The molecule has 0 bridgehead atoms. The Bertz CT molecular complexity index is 1110. The second kappa shape index (κ2) is 69.1. The SMILES string of the molecule is CCCCCCS(CCCCCC)=P([O-])([O-])[S-].CCCCCCS(CCCCCC)=P([O-])([O-])[S-].CCCCCCS(CCCCCC)=P([O-])([O-])[S-].CCCCCCS(CCCCCC)=P([O-])([O-])[S-].O=S.[Mo+4].[Mo+4].[Mo+4]. The number of unbranched alkanes of at least 4 members (excludes halogenated alkanes) is 24. The molecule has 0 rings (SSSR count). The average molecular weight is 1530 g/mol. The van der Waals surface area contributed by atoms with Gasteiger partial charge < -0.3 is 111 Å². The third-order valence-electron chi connectivity index (χ3n) is 11.1. The zero-order valence-electron chi connectivity index (χ0n) is 46.6. The Hall–Kier alpha value is 6.28. The van der Waals surface area contributed by atoms with Crippen molar-refractivity contribution in [3.63, 3.8) is 0 Å². The summed E-state index contributed by atoms with van der Waals surface area (Å²) >= 11 is 21.5. The van der Waals surface area contributed by atoms with E-state index in [1.54, 1.807) is 0 Å². The molecule has 73 heavy (non-hydrogen) atoms. The van der Waals surface area contributed by atoms with Gasteiger partial charge in [0.15, 0.2) is 12.5 Å². The first-order valence-electron chi connectivity index (χ1n) is 27.1. The summed E-state index contributed by atoms with van der Waals surface area (Å²) in [4.78, 5) is 92.1. The maximum absolute atomic E-state index is 11.5. The second-order valence-electron chi connectivity index (χ2n) is 17.8. The molecule has 0 aliphatic rings. The summed E-state index contributed by atoms with van der Waals surface area (Å²) in [6.07, 6.45) is 36.4. The fraction of sp³-hybridized carbons (Fsp3) is 1.00. The van der Waals surface area contributed by atoms with Gasteiger partial charge in [-0.1, -0.05) is 209 Å². The molecule has 9 nitrogen and oxygen atoms in total. The molecular weight excluding hydrogens is 1420 g/mol. The van der Waals surface area contributed by atoms with Crippen LogP contribution in [0.4, 0.5) is 0 Å². The molecule has 0 amide bonds. The van der Waals surface area contributed by atoms with Crippen LogP contribution < -0.4 is 39.1 Å². The summed E-state index contributed by atoms with van der Waals surface area (Å²) in [5, 5.41) is 0. The van der Waals surface area contributed by atoms with Gasteiger partial charge in [-0.05, 0) is 97.4 Å². The quantitative estimate of drug-likeness (QED) is 0.0243. The Morgan fingerprint density at radius 2 is 0.342 bits per heavy atom. The molecule has 0 fully saturated rings. The van der Waals surface area contributed by atoms with E-state index in [1.807, 2.05) is 0 Å². The molecule has 0 radical (unpaired) electrons. The van der Waals surface area contributed by atoms with Crippen LogP contribution in [-0.2, 0) is 165 Å². The van der Waals surface area contributed by atoms with Crippen molar-refractivity contribution in [2.45, 2.75) is 261 Å². The summed E-state index contributed by atoms with van der Waals surface area (Å²) in [7, 11) is -2.14. The molecule has 0 saturated heterocycles. The van der Waals surface area contributed by atoms with Crippen LogP contribution in [0, 0.1) is 0 Å². The Morgan fingerprint density at radius 3 is 0.411 bits per heavy atom. The van der Waals surface area contributed by atoms with Crippen molar-refractivity contribution in [3.05, 3.63) is 0 Å². The first-order valence-corrected chi connectivity index (χ1v) is 46.6. The molecule has 0 aliphatic carbocycles. The zero-order chi connectivity index (χ0) is 54.6. The van der Waals surface area contributed by atoms with E-state index in [4.69, 9.17) is 4.21 Å². The third-order valence-corrected chi connectivity index (χ3v) is 39.3. The summed E-state index contributed by atoms with van der Waals surface area (Å²) in [5.74, 6) is 6.42. The molecule has 0 aliphatic heterocycles. The van der Waals surface area contributed by atoms with E-state index >= 15 is 0 Å². The molecule has 442 valence electrons. The van der Waals surface area contributed by atoms with Crippen molar-refractivity contribution in [2.75, 3.05) is 46.0 Å². The molecule has 0 aromatic carbocycles. The van der Waals surface area contributed by atoms with Gasteiger partial charge in [0.25, 0.3) is 0 Å². The maximum atomic E-state index is 11.5. The Labute approximate surface area is 531 Å². The van der Waals surface area contributed by atoms with E-state index in [0.29, 0.717) is 0 Å². The van der Waals surface area contributed by atoms with Crippen LogP contribution in [-0.4, -0.2) is 50.2 Å². The molecule has 0 saturated carbocycles. The van der Waals surface area contributed by atoms with Gasteiger partial charge >= 0.3 is 63.2 Å². The van der Waals surface area contributed by atoms with Gasteiger partial charge in [-0.15, -0.1) is 0 Å². The topological polar surface area (TPSA) is 202 Å². The van der Waals surface area contributed by atoms with Gasteiger partial charge in [0.2, 0.25) is 0 Å². The van der Waals surface area contributed by atoms with Gasteiger partial charge in [0.05, 0.1) is 0 Å². The summed E-state index contributed by atoms with van der Waals surface area (Å²) in [6, 6.07) is 0. The van der Waals surface area contributed by atoms with Crippen LogP contribution in [0.25, 0.3) is 0 Å². The minimum absolute atomic E-state index is 0. The van der Waals surface area contributed by atoms with Gasteiger partial charge in [-0.25, -0.2) is 40.3 Å². The number of hydrogen-bond donors (Lipinski definition) is 0. The molecular formula is C48H104Mo3O9P4S9. The molecule has 0 aromatic heterocycles. The molecule has 0 atom stereocenters. The van der Waals surface area contributed by atoms with Crippen LogP contribution in [0.3, 0.4) is 0 Å². The van der Waals surface area contributed by atoms with Crippen molar-refractivity contribution in [1.82, 2.24) is 0 Å². The Kier molecular flexibility index (Phi) is 90.5. The van der Waals surface area contributed by atoms with E-state index < -0.39 is 63.1 Å². The molecule has 0 aromatic rings. The second-order valence-corrected chi connectivity index (χ2v) is 48.8. The zero-order valence-corrected chi connectivity index (χ0v) is 63.6. The standard InChI is InChI=1S/4C12H26O2PS2.3Mo.OS/c4*1-3-5-7-9-11-17(15(13,14)16)12-10-8-6-4-2;;;;1-2/h4*3-12H2,1-2H3;;;;/q4*-3;3*+4;. The van der Waals surface area contributed by atoms with Crippen molar-refractivity contribution < 1.29 is 107 Å². The van der Waals surface area contributed by atoms with E-state index in [1.165, 1.54) is 103 Å². The monoisotopic (exact) mass is 1530 g/mol. The summed E-state index contributed by atoms with van der Waals surface area (Å²) < 4.78 is 7.83.